The van der Waals surface area contributed by atoms with Crippen molar-refractivity contribution in [2.24, 2.45) is 0 Å². The van der Waals surface area contributed by atoms with Crippen LogP contribution in [0.25, 0.3) is 5.69 Å². The van der Waals surface area contributed by atoms with Gasteiger partial charge in [-0.05, 0) is 59.8 Å². The predicted molar refractivity (Wildman–Crippen MR) is 84.8 cm³/mol. The smallest absolute Gasteiger partial charge is 0.379 e. The molecule has 21 heavy (non-hydrogen) atoms. The Balaban J connectivity index is 2.40. The molecule has 0 unspecified atom stereocenters. The first-order valence-corrected chi connectivity index (χ1v) is 7.29. The van der Waals surface area contributed by atoms with E-state index in [-0.39, 0.29) is 12.2 Å². The van der Waals surface area contributed by atoms with Crippen LogP contribution in [0.4, 0.5) is 0 Å². The fourth-order valence-corrected chi connectivity index (χ4v) is 2.19. The normalized spacial score (nSPS) is 10.2. The molecule has 0 fully saturated rings. The standard InChI is InChI=1S/C15H12INO4/c1-2-21-15(20)14(19)10-7-13(9-18)17(8-10)12-5-3-11(16)4-6-12/h3-9H,2H2,1H3. The van der Waals surface area contributed by atoms with Crippen molar-refractivity contribution in [1.82, 2.24) is 4.57 Å². The summed E-state index contributed by atoms with van der Waals surface area (Å²) in [5.41, 5.74) is 1.17. The fourth-order valence-electron chi connectivity index (χ4n) is 1.83. The van der Waals surface area contributed by atoms with Crippen LogP contribution in [-0.4, -0.2) is 29.2 Å². The molecule has 0 radical (unpaired) electrons. The van der Waals surface area contributed by atoms with E-state index >= 15 is 0 Å². The van der Waals surface area contributed by atoms with E-state index in [4.69, 9.17) is 0 Å². The molecule has 0 bridgehead atoms. The summed E-state index contributed by atoms with van der Waals surface area (Å²) in [7, 11) is 0. The first-order chi connectivity index (χ1) is 10.1. The first-order valence-electron chi connectivity index (χ1n) is 6.21. The van der Waals surface area contributed by atoms with Gasteiger partial charge in [0.25, 0.3) is 5.78 Å². The van der Waals surface area contributed by atoms with Gasteiger partial charge in [0.15, 0.2) is 6.29 Å². The molecule has 0 atom stereocenters. The lowest BCUT2D eigenvalue weighted by atomic mass is 10.2. The van der Waals surface area contributed by atoms with Gasteiger partial charge in [-0.1, -0.05) is 0 Å². The highest BCUT2D eigenvalue weighted by Crippen LogP contribution is 2.17. The molecule has 0 aliphatic heterocycles. The number of aromatic nitrogens is 1. The minimum atomic E-state index is -0.922. The van der Waals surface area contributed by atoms with Gasteiger partial charge in [0.2, 0.25) is 0 Å². The topological polar surface area (TPSA) is 65.4 Å². The number of hydrogen-bond donors (Lipinski definition) is 0. The molecule has 0 aliphatic rings. The summed E-state index contributed by atoms with van der Waals surface area (Å²) in [4.78, 5) is 34.5. The summed E-state index contributed by atoms with van der Waals surface area (Å²) in [6.07, 6.45) is 2.10. The molecule has 2 rings (SSSR count). The Morgan fingerprint density at radius 2 is 1.95 bits per heavy atom. The summed E-state index contributed by atoms with van der Waals surface area (Å²) in [5, 5.41) is 0. The van der Waals surface area contributed by atoms with E-state index < -0.39 is 11.8 Å². The molecule has 1 aromatic heterocycles. The number of aldehydes is 1. The van der Waals surface area contributed by atoms with Gasteiger partial charge in [-0.15, -0.1) is 0 Å². The highest BCUT2D eigenvalue weighted by atomic mass is 127. The van der Waals surface area contributed by atoms with Gasteiger partial charge in [0.05, 0.1) is 12.3 Å². The Hall–Kier alpha value is -1.96. The van der Waals surface area contributed by atoms with E-state index in [1.807, 2.05) is 24.3 Å². The molecular formula is C15H12INO4. The Morgan fingerprint density at radius 1 is 1.29 bits per heavy atom. The maximum Gasteiger partial charge on any atom is 0.379 e. The van der Waals surface area contributed by atoms with E-state index in [1.165, 1.54) is 12.3 Å². The Kier molecular flexibility index (Phi) is 4.89. The average molecular weight is 397 g/mol. The fraction of sp³-hybridized carbons (Fsp3) is 0.133. The average Bonchev–Trinajstić information content (AvgIpc) is 2.91. The molecule has 0 saturated heterocycles. The van der Waals surface area contributed by atoms with Crippen molar-refractivity contribution in [2.45, 2.75) is 6.92 Å². The molecule has 0 amide bonds. The van der Waals surface area contributed by atoms with Crippen LogP contribution in [0.3, 0.4) is 0 Å². The third kappa shape index (κ3) is 3.38. The maximum absolute atomic E-state index is 11.9. The van der Waals surface area contributed by atoms with Crippen molar-refractivity contribution >= 4 is 40.6 Å². The number of esters is 1. The monoisotopic (exact) mass is 397 g/mol. The number of hydrogen-bond acceptors (Lipinski definition) is 4. The summed E-state index contributed by atoms with van der Waals surface area (Å²) in [6.45, 7) is 1.75. The van der Waals surface area contributed by atoms with E-state index in [1.54, 1.807) is 11.5 Å². The lowest BCUT2D eigenvalue weighted by molar-refractivity contribution is -0.137. The number of nitrogens with zero attached hydrogens (tertiary/aromatic N) is 1. The van der Waals surface area contributed by atoms with Gasteiger partial charge in [-0.2, -0.15) is 0 Å². The Labute approximate surface area is 135 Å². The van der Waals surface area contributed by atoms with Gasteiger partial charge < -0.3 is 9.30 Å². The second-order valence-corrected chi connectivity index (χ2v) is 5.41. The van der Waals surface area contributed by atoms with Gasteiger partial charge >= 0.3 is 5.97 Å². The third-order valence-corrected chi connectivity index (χ3v) is 3.52. The van der Waals surface area contributed by atoms with Crippen molar-refractivity contribution in [3.05, 3.63) is 51.4 Å². The molecule has 2 aromatic rings. The van der Waals surface area contributed by atoms with Crippen LogP contribution >= 0.6 is 22.6 Å². The number of ether oxygens (including phenoxy) is 1. The highest BCUT2D eigenvalue weighted by Gasteiger charge is 2.20. The minimum Gasteiger partial charge on any atom is -0.460 e. The molecule has 0 spiro atoms. The number of carbonyl (C=O) groups is 3. The number of rotatable bonds is 5. The van der Waals surface area contributed by atoms with E-state index in [9.17, 15) is 14.4 Å². The SMILES string of the molecule is CCOC(=O)C(=O)c1cc(C=O)n(-c2ccc(I)cc2)c1. The molecule has 1 aromatic carbocycles. The van der Waals surface area contributed by atoms with E-state index in [0.29, 0.717) is 12.0 Å². The third-order valence-electron chi connectivity index (χ3n) is 2.80. The predicted octanol–water partition coefficient (Wildman–Crippen LogP) is 2.64. The lowest BCUT2D eigenvalue weighted by Crippen LogP contribution is -2.16. The van der Waals surface area contributed by atoms with Gasteiger partial charge in [-0.25, -0.2) is 4.79 Å². The van der Waals surface area contributed by atoms with Crippen molar-refractivity contribution in [3.8, 4) is 5.69 Å². The van der Waals surface area contributed by atoms with Crippen LogP contribution in [0.15, 0.2) is 36.5 Å². The van der Waals surface area contributed by atoms with E-state index in [2.05, 4.69) is 27.3 Å². The zero-order valence-corrected chi connectivity index (χ0v) is 13.4. The second kappa shape index (κ2) is 6.66. The summed E-state index contributed by atoms with van der Waals surface area (Å²) >= 11 is 2.17. The van der Waals surface area contributed by atoms with Crippen molar-refractivity contribution in [2.75, 3.05) is 6.61 Å². The molecule has 1 heterocycles. The molecule has 6 heteroatoms. The molecule has 0 N–H and O–H groups in total. The maximum atomic E-state index is 11.9. The molecule has 0 saturated carbocycles. The Bertz CT molecular complexity index is 688. The minimum absolute atomic E-state index is 0.128. The van der Waals surface area contributed by atoms with Crippen molar-refractivity contribution < 1.29 is 19.1 Å². The number of halogens is 1. The highest BCUT2D eigenvalue weighted by molar-refractivity contribution is 14.1. The lowest BCUT2D eigenvalue weighted by Gasteiger charge is -2.04. The zero-order valence-electron chi connectivity index (χ0n) is 11.2. The number of Topliss-reactive ketones (excluding diaryl/α,β-unsaturated/α-hetero) is 1. The van der Waals surface area contributed by atoms with Crippen LogP contribution < -0.4 is 0 Å². The van der Waals surface area contributed by atoms with Gasteiger partial charge in [0, 0.05) is 21.0 Å². The van der Waals surface area contributed by atoms with Crippen LogP contribution in [0.5, 0.6) is 0 Å². The van der Waals surface area contributed by atoms with Gasteiger partial charge in [-0.3, -0.25) is 9.59 Å². The van der Waals surface area contributed by atoms with Crippen LogP contribution in [-0.2, 0) is 9.53 Å². The summed E-state index contributed by atoms with van der Waals surface area (Å²) < 4.78 is 7.29. The molecule has 108 valence electrons. The number of benzene rings is 1. The summed E-state index contributed by atoms with van der Waals surface area (Å²) in [5.74, 6) is -1.68. The zero-order chi connectivity index (χ0) is 15.4. The molecule has 0 aliphatic carbocycles. The first kappa shape index (κ1) is 15.4. The van der Waals surface area contributed by atoms with Crippen molar-refractivity contribution in [3.63, 3.8) is 0 Å². The molecular weight excluding hydrogens is 385 g/mol. The number of ketones is 1. The van der Waals surface area contributed by atoms with Gasteiger partial charge in [0.1, 0.15) is 0 Å². The molecule has 5 nitrogen and oxygen atoms in total. The van der Waals surface area contributed by atoms with Crippen LogP contribution in [0.1, 0.15) is 27.8 Å². The summed E-state index contributed by atoms with van der Waals surface area (Å²) in [6, 6.07) is 8.81. The number of carbonyl (C=O) groups excluding carboxylic acids is 3. The van der Waals surface area contributed by atoms with E-state index in [0.717, 1.165) is 9.26 Å². The largest absolute Gasteiger partial charge is 0.460 e. The van der Waals surface area contributed by atoms with Crippen LogP contribution in [0.2, 0.25) is 0 Å². The van der Waals surface area contributed by atoms with Crippen molar-refractivity contribution in [1.29, 1.82) is 0 Å². The quantitative estimate of drug-likeness (QED) is 0.256. The Morgan fingerprint density at radius 3 is 2.52 bits per heavy atom. The van der Waals surface area contributed by atoms with Crippen LogP contribution in [0, 0.1) is 3.57 Å². The second-order valence-electron chi connectivity index (χ2n) is 4.17.